The Morgan fingerprint density at radius 2 is 2.00 bits per heavy atom. The summed E-state index contributed by atoms with van der Waals surface area (Å²) in [5, 5.41) is 0. The molecule has 1 fully saturated rings. The van der Waals surface area contributed by atoms with Crippen molar-refractivity contribution in [1.82, 2.24) is 0 Å². The molecule has 0 bridgehead atoms. The van der Waals surface area contributed by atoms with Crippen LogP contribution in [0.4, 0.5) is 0 Å². The monoisotopic (exact) mass is 222 g/mol. The van der Waals surface area contributed by atoms with Gasteiger partial charge in [-0.1, -0.05) is 31.2 Å². The summed E-state index contributed by atoms with van der Waals surface area (Å²) in [5.41, 5.74) is 2.52. The number of rotatable bonds is 4. The van der Waals surface area contributed by atoms with Crippen molar-refractivity contribution in [3.05, 3.63) is 29.8 Å². The first-order valence-electron chi connectivity index (χ1n) is 5.30. The van der Waals surface area contributed by atoms with Crippen LogP contribution in [0, 0.1) is 0 Å². The van der Waals surface area contributed by atoms with E-state index in [4.69, 9.17) is 9.31 Å². The van der Waals surface area contributed by atoms with Gasteiger partial charge in [0, 0.05) is 5.75 Å². The lowest BCUT2D eigenvalue weighted by atomic mass is 9.76. The Hall–Kier alpha value is -0.445. The van der Waals surface area contributed by atoms with Gasteiger partial charge in [-0.2, -0.15) is 11.8 Å². The first-order valence-corrected chi connectivity index (χ1v) is 6.46. The van der Waals surface area contributed by atoms with Crippen LogP contribution in [0.2, 0.25) is 0 Å². The predicted molar refractivity (Wildman–Crippen MR) is 65.6 cm³/mol. The Morgan fingerprint density at radius 3 is 2.73 bits per heavy atom. The zero-order valence-electron chi connectivity index (χ0n) is 8.94. The van der Waals surface area contributed by atoms with Crippen molar-refractivity contribution >= 4 is 24.3 Å². The summed E-state index contributed by atoms with van der Waals surface area (Å²) in [6.07, 6.45) is 0. The predicted octanol–water partition coefficient (Wildman–Crippen LogP) is 1.68. The molecule has 0 unspecified atom stereocenters. The van der Waals surface area contributed by atoms with E-state index in [1.54, 1.807) is 0 Å². The summed E-state index contributed by atoms with van der Waals surface area (Å²) in [6, 6.07) is 8.37. The summed E-state index contributed by atoms with van der Waals surface area (Å²) in [5.74, 6) is 2.18. The van der Waals surface area contributed by atoms with E-state index >= 15 is 0 Å². The molecule has 80 valence electrons. The zero-order valence-corrected chi connectivity index (χ0v) is 9.76. The van der Waals surface area contributed by atoms with E-state index in [2.05, 4.69) is 25.1 Å². The minimum Gasteiger partial charge on any atom is -0.405 e. The molecule has 0 N–H and O–H groups in total. The van der Waals surface area contributed by atoms with Gasteiger partial charge in [-0.3, -0.25) is 0 Å². The highest BCUT2D eigenvalue weighted by atomic mass is 32.2. The summed E-state index contributed by atoms with van der Waals surface area (Å²) in [4.78, 5) is 0. The number of thioether (sulfide) groups is 1. The molecule has 1 aromatic rings. The summed E-state index contributed by atoms with van der Waals surface area (Å²) < 4.78 is 11.1. The lowest BCUT2D eigenvalue weighted by molar-refractivity contribution is 0.365. The standard InChI is InChI=1S/C11H15BO2S/c1-2-15-9-10-5-3-4-6-11(10)12-13-7-8-14-12/h3-6H,2,7-9H2,1H3. The van der Waals surface area contributed by atoms with E-state index in [9.17, 15) is 0 Å². The molecule has 0 amide bonds. The average Bonchev–Trinajstić information content (AvgIpc) is 2.80. The smallest absolute Gasteiger partial charge is 0.405 e. The average molecular weight is 222 g/mol. The Labute approximate surface area is 95.5 Å². The summed E-state index contributed by atoms with van der Waals surface area (Å²) >= 11 is 1.92. The van der Waals surface area contributed by atoms with Gasteiger partial charge in [-0.25, -0.2) is 0 Å². The highest BCUT2D eigenvalue weighted by molar-refractivity contribution is 7.98. The van der Waals surface area contributed by atoms with Crippen LogP contribution in [0.3, 0.4) is 0 Å². The van der Waals surface area contributed by atoms with Gasteiger partial charge in [0.2, 0.25) is 0 Å². The minimum atomic E-state index is -0.140. The van der Waals surface area contributed by atoms with E-state index in [0.29, 0.717) is 13.2 Å². The van der Waals surface area contributed by atoms with E-state index < -0.39 is 0 Å². The molecule has 0 saturated carbocycles. The molecule has 2 nitrogen and oxygen atoms in total. The molecule has 1 aliphatic heterocycles. The van der Waals surface area contributed by atoms with Crippen LogP contribution in [0.25, 0.3) is 0 Å². The largest absolute Gasteiger partial charge is 0.494 e. The van der Waals surface area contributed by atoms with Crippen LogP contribution >= 0.6 is 11.8 Å². The Morgan fingerprint density at radius 1 is 1.27 bits per heavy atom. The highest BCUT2D eigenvalue weighted by Crippen LogP contribution is 2.12. The third-order valence-electron chi connectivity index (χ3n) is 2.39. The second kappa shape index (κ2) is 5.59. The van der Waals surface area contributed by atoms with Gasteiger partial charge >= 0.3 is 7.12 Å². The van der Waals surface area contributed by atoms with Crippen molar-refractivity contribution < 1.29 is 9.31 Å². The number of benzene rings is 1. The third-order valence-corrected chi connectivity index (χ3v) is 3.32. The van der Waals surface area contributed by atoms with Crippen LogP contribution in [0.5, 0.6) is 0 Å². The molecule has 1 aromatic carbocycles. The maximum atomic E-state index is 5.53. The molecular formula is C11H15BO2S. The van der Waals surface area contributed by atoms with E-state index in [0.717, 1.165) is 11.5 Å². The van der Waals surface area contributed by atoms with Crippen molar-refractivity contribution in [3.63, 3.8) is 0 Å². The first kappa shape index (κ1) is 11.1. The molecule has 1 heterocycles. The van der Waals surface area contributed by atoms with E-state index in [1.165, 1.54) is 11.0 Å². The first-order chi connectivity index (χ1) is 7.42. The zero-order chi connectivity index (χ0) is 10.5. The van der Waals surface area contributed by atoms with Crippen molar-refractivity contribution in [1.29, 1.82) is 0 Å². The normalized spacial score (nSPS) is 15.9. The SMILES string of the molecule is CCSCc1ccccc1B1OCCO1. The van der Waals surface area contributed by atoms with Gasteiger partial charge in [0.15, 0.2) is 0 Å². The van der Waals surface area contributed by atoms with Crippen LogP contribution < -0.4 is 5.46 Å². The Balaban J connectivity index is 2.13. The number of hydrogen-bond acceptors (Lipinski definition) is 3. The molecule has 1 saturated heterocycles. The van der Waals surface area contributed by atoms with Crippen LogP contribution in [0.1, 0.15) is 12.5 Å². The third kappa shape index (κ3) is 2.77. The lowest BCUT2D eigenvalue weighted by Crippen LogP contribution is -2.34. The molecule has 0 radical (unpaired) electrons. The van der Waals surface area contributed by atoms with Gasteiger partial charge in [-0.05, 0) is 16.8 Å². The van der Waals surface area contributed by atoms with Crippen LogP contribution in [0.15, 0.2) is 24.3 Å². The quantitative estimate of drug-likeness (QED) is 0.722. The maximum absolute atomic E-state index is 5.53. The highest BCUT2D eigenvalue weighted by Gasteiger charge is 2.27. The molecule has 0 spiro atoms. The summed E-state index contributed by atoms with van der Waals surface area (Å²) in [7, 11) is -0.140. The maximum Gasteiger partial charge on any atom is 0.494 e. The van der Waals surface area contributed by atoms with Gasteiger partial charge in [-0.15, -0.1) is 0 Å². The molecular weight excluding hydrogens is 207 g/mol. The lowest BCUT2D eigenvalue weighted by Gasteiger charge is -2.10. The van der Waals surface area contributed by atoms with Crippen molar-refractivity contribution in [3.8, 4) is 0 Å². The van der Waals surface area contributed by atoms with Gasteiger partial charge in [0.1, 0.15) is 0 Å². The van der Waals surface area contributed by atoms with Crippen LogP contribution in [-0.2, 0) is 15.1 Å². The van der Waals surface area contributed by atoms with Gasteiger partial charge in [0.05, 0.1) is 13.2 Å². The van der Waals surface area contributed by atoms with Crippen molar-refractivity contribution in [2.24, 2.45) is 0 Å². The molecule has 2 rings (SSSR count). The fraction of sp³-hybridized carbons (Fsp3) is 0.455. The van der Waals surface area contributed by atoms with Gasteiger partial charge in [0.25, 0.3) is 0 Å². The van der Waals surface area contributed by atoms with Crippen molar-refractivity contribution in [2.75, 3.05) is 19.0 Å². The fourth-order valence-electron chi connectivity index (χ4n) is 1.65. The summed E-state index contributed by atoms with van der Waals surface area (Å²) in [6.45, 7) is 3.59. The second-order valence-corrected chi connectivity index (χ2v) is 4.68. The molecule has 0 aromatic heterocycles. The number of hydrogen-bond donors (Lipinski definition) is 0. The Kier molecular flexibility index (Phi) is 4.12. The van der Waals surface area contributed by atoms with Crippen LogP contribution in [-0.4, -0.2) is 26.1 Å². The molecule has 1 aliphatic rings. The molecule has 15 heavy (non-hydrogen) atoms. The van der Waals surface area contributed by atoms with Gasteiger partial charge < -0.3 is 9.31 Å². The van der Waals surface area contributed by atoms with E-state index in [1.807, 2.05) is 17.8 Å². The second-order valence-electron chi connectivity index (χ2n) is 3.41. The molecule has 0 atom stereocenters. The fourth-order valence-corrected chi connectivity index (χ4v) is 2.33. The molecule has 4 heteroatoms. The van der Waals surface area contributed by atoms with E-state index in [-0.39, 0.29) is 7.12 Å². The Bertz CT molecular complexity index is 313. The molecule has 0 aliphatic carbocycles. The minimum absolute atomic E-state index is 0.140. The van der Waals surface area contributed by atoms with Crippen molar-refractivity contribution in [2.45, 2.75) is 12.7 Å². The topological polar surface area (TPSA) is 18.5 Å².